The first-order chi connectivity index (χ1) is 27.9. The molecule has 7 rings (SSSR count). The lowest BCUT2D eigenvalue weighted by molar-refractivity contribution is 0.0991. The van der Waals surface area contributed by atoms with Gasteiger partial charge in [-0.05, 0) is 76.9 Å². The molecule has 2 aromatic carbocycles. The van der Waals surface area contributed by atoms with Crippen LogP contribution < -0.4 is 31.6 Å². The molecule has 5 heterocycles. The number of aryl methyl sites for hydroxylation is 5. The number of hydrogen-bond acceptors (Lipinski definition) is 11. The average Bonchev–Trinajstić information content (AvgIpc) is 3.93. The quantitative estimate of drug-likeness (QED) is 0.0883. The van der Waals surface area contributed by atoms with Gasteiger partial charge in [0, 0.05) is 56.3 Å². The lowest BCUT2D eigenvalue weighted by Gasteiger charge is -2.20. The second-order valence-corrected chi connectivity index (χ2v) is 14.0. The minimum absolute atomic E-state index is 0.104. The molecule has 0 saturated carbocycles. The zero-order valence-electron chi connectivity index (χ0n) is 32.7. The van der Waals surface area contributed by atoms with Gasteiger partial charge in [-0.25, -0.2) is 9.97 Å². The van der Waals surface area contributed by atoms with Crippen molar-refractivity contribution in [1.82, 2.24) is 38.7 Å². The van der Waals surface area contributed by atoms with E-state index < -0.39 is 23.6 Å². The topological polar surface area (TPSA) is 254 Å². The predicted molar refractivity (Wildman–Crippen MR) is 213 cm³/mol. The maximum atomic E-state index is 13.7. The number of benzene rings is 2. The van der Waals surface area contributed by atoms with E-state index in [2.05, 4.69) is 20.8 Å². The number of nitrogens with one attached hydrogen (secondary N) is 2. The Hall–Kier alpha value is -6.76. The minimum Gasteiger partial charge on any atom is -0.491 e. The monoisotopic (exact) mass is 794 g/mol. The van der Waals surface area contributed by atoms with Crippen molar-refractivity contribution < 1.29 is 33.8 Å². The van der Waals surface area contributed by atoms with Crippen LogP contribution in [0, 0.1) is 13.8 Å². The van der Waals surface area contributed by atoms with Crippen molar-refractivity contribution >= 4 is 57.6 Å². The zero-order chi connectivity index (χ0) is 41.2. The van der Waals surface area contributed by atoms with E-state index in [1.807, 2.05) is 29.9 Å². The summed E-state index contributed by atoms with van der Waals surface area (Å²) in [6.07, 6.45) is 1.91. The molecule has 0 radical (unpaired) electrons. The fraction of sp³-hybridized carbons (Fsp3) is 0.385. The van der Waals surface area contributed by atoms with Crippen LogP contribution in [0.5, 0.6) is 11.5 Å². The largest absolute Gasteiger partial charge is 0.491 e. The molecule has 0 bridgehead atoms. The normalized spacial score (nSPS) is 13.7. The molecule has 1 atom stereocenters. The van der Waals surface area contributed by atoms with Crippen LogP contribution in [0.3, 0.4) is 0 Å². The van der Waals surface area contributed by atoms with Gasteiger partial charge in [-0.1, -0.05) is 0 Å². The fourth-order valence-electron chi connectivity index (χ4n) is 7.39. The molecule has 4 aromatic heterocycles. The summed E-state index contributed by atoms with van der Waals surface area (Å²) in [4.78, 5) is 61.7. The number of primary amides is 2. The molecule has 1 aliphatic rings. The summed E-state index contributed by atoms with van der Waals surface area (Å²) in [5.41, 5.74) is 15.8. The Kier molecular flexibility index (Phi) is 11.1. The molecule has 4 amide bonds. The molecule has 58 heavy (non-hydrogen) atoms. The fourth-order valence-corrected chi connectivity index (χ4v) is 7.39. The summed E-state index contributed by atoms with van der Waals surface area (Å²) in [6.45, 7) is 9.04. The van der Waals surface area contributed by atoms with E-state index in [4.69, 9.17) is 30.9 Å². The molecule has 19 heteroatoms. The maximum absolute atomic E-state index is 13.7. The van der Waals surface area contributed by atoms with Gasteiger partial charge in [0.2, 0.25) is 23.7 Å². The number of aromatic nitrogens is 8. The van der Waals surface area contributed by atoms with Gasteiger partial charge in [0.15, 0.2) is 0 Å². The summed E-state index contributed by atoms with van der Waals surface area (Å²) < 4.78 is 19.2. The standard InChI is InChI=1S/C39H46N12O7/c1-5-49-28(15-21(3)46-49)36(55)44-38-42-26-17-23(34(40)53)19-30(57-13-8-12-52)32(26)48(38)11-7-9-25-10-14-58-31-20-24(35(41)54)18-27-33(31)51(25)39(43-27)45-37(56)29-16-22(4)47-50(29)6-2/h15-20,25,52H,5-14H2,1-4H3,(H2,40,53)(H2,41,54)(H,42,44,55)(H,43,45,56)/t25-/m0/s1. The van der Waals surface area contributed by atoms with Gasteiger partial charge in [0.1, 0.15) is 33.9 Å². The third-order valence-corrected chi connectivity index (χ3v) is 10.00. The van der Waals surface area contributed by atoms with Crippen molar-refractivity contribution in [3.8, 4) is 11.5 Å². The Labute approximate surface area is 332 Å². The van der Waals surface area contributed by atoms with Crippen LogP contribution >= 0.6 is 0 Å². The van der Waals surface area contributed by atoms with Crippen molar-refractivity contribution in [2.75, 3.05) is 30.5 Å². The van der Waals surface area contributed by atoms with E-state index >= 15 is 0 Å². The van der Waals surface area contributed by atoms with E-state index in [-0.39, 0.29) is 42.3 Å². The first-order valence-electron chi connectivity index (χ1n) is 19.2. The average molecular weight is 795 g/mol. The summed E-state index contributed by atoms with van der Waals surface area (Å²) in [7, 11) is 0. The number of carbonyl (C=O) groups is 4. The Morgan fingerprint density at radius 1 is 0.828 bits per heavy atom. The molecule has 19 nitrogen and oxygen atoms in total. The number of nitrogens with zero attached hydrogens (tertiary/aromatic N) is 8. The molecule has 0 saturated heterocycles. The number of hydrogen-bond donors (Lipinski definition) is 5. The summed E-state index contributed by atoms with van der Waals surface area (Å²) in [6, 6.07) is 9.39. The Balaban J connectivity index is 1.26. The van der Waals surface area contributed by atoms with E-state index in [9.17, 15) is 24.3 Å². The lowest BCUT2D eigenvalue weighted by Crippen LogP contribution is -2.22. The van der Waals surface area contributed by atoms with Crippen LogP contribution in [-0.4, -0.2) is 87.2 Å². The molecule has 6 aromatic rings. The van der Waals surface area contributed by atoms with Gasteiger partial charge in [0.05, 0.1) is 35.6 Å². The van der Waals surface area contributed by atoms with Crippen LogP contribution in [0.2, 0.25) is 0 Å². The molecule has 0 fully saturated rings. The molecular formula is C39H46N12O7. The zero-order valence-corrected chi connectivity index (χ0v) is 32.7. The first kappa shape index (κ1) is 39.5. The second kappa shape index (κ2) is 16.4. The van der Waals surface area contributed by atoms with E-state index in [0.29, 0.717) is 108 Å². The third kappa shape index (κ3) is 7.67. The second-order valence-electron chi connectivity index (χ2n) is 14.0. The lowest BCUT2D eigenvalue weighted by atomic mass is 10.1. The predicted octanol–water partition coefficient (Wildman–Crippen LogP) is 3.70. The molecule has 304 valence electrons. The molecule has 0 spiro atoms. The number of ether oxygens (including phenoxy) is 2. The van der Waals surface area contributed by atoms with Crippen molar-refractivity contribution in [3.63, 3.8) is 0 Å². The smallest absolute Gasteiger partial charge is 0.276 e. The number of aliphatic hydroxyl groups is 1. The number of nitrogens with two attached hydrogens (primary N) is 2. The number of fused-ring (bicyclic) bond motifs is 1. The molecule has 1 aliphatic heterocycles. The van der Waals surface area contributed by atoms with E-state index in [1.54, 1.807) is 46.6 Å². The number of carbonyl (C=O) groups excluding carboxylic acids is 4. The molecular weight excluding hydrogens is 749 g/mol. The number of aliphatic hydroxyl groups excluding tert-OH is 1. The van der Waals surface area contributed by atoms with Crippen molar-refractivity contribution in [3.05, 3.63) is 70.3 Å². The summed E-state index contributed by atoms with van der Waals surface area (Å²) in [5.74, 6) is -0.942. The van der Waals surface area contributed by atoms with Crippen LogP contribution in [0.1, 0.15) is 98.7 Å². The van der Waals surface area contributed by atoms with E-state index in [1.165, 1.54) is 6.07 Å². The van der Waals surface area contributed by atoms with Crippen LogP contribution in [-0.2, 0) is 19.6 Å². The highest BCUT2D eigenvalue weighted by Gasteiger charge is 2.29. The Morgan fingerprint density at radius 2 is 1.41 bits per heavy atom. The maximum Gasteiger partial charge on any atom is 0.276 e. The SMILES string of the molecule is CCn1nc(C)cc1C(=O)Nc1nc2cc(C(N)=O)cc(OCCCO)c2n1CCC[C@H]1CCOc2cc(C(N)=O)cc3nc(NC(=O)c4cc(C)nn4CC)n1c23. The highest BCUT2D eigenvalue weighted by Crippen LogP contribution is 2.39. The number of anilines is 2. The van der Waals surface area contributed by atoms with Gasteiger partial charge in [-0.15, -0.1) is 0 Å². The van der Waals surface area contributed by atoms with Crippen molar-refractivity contribution in [1.29, 1.82) is 0 Å². The molecule has 0 aliphatic carbocycles. The number of imidazole rings is 2. The number of amides is 4. The van der Waals surface area contributed by atoms with Crippen molar-refractivity contribution in [2.45, 2.75) is 79.1 Å². The van der Waals surface area contributed by atoms with Crippen LogP contribution in [0.4, 0.5) is 11.9 Å². The van der Waals surface area contributed by atoms with E-state index in [0.717, 1.165) is 0 Å². The van der Waals surface area contributed by atoms with Crippen LogP contribution in [0.25, 0.3) is 22.1 Å². The third-order valence-electron chi connectivity index (χ3n) is 10.00. The van der Waals surface area contributed by atoms with Crippen molar-refractivity contribution in [2.24, 2.45) is 11.5 Å². The summed E-state index contributed by atoms with van der Waals surface area (Å²) in [5, 5.41) is 24.2. The number of rotatable bonds is 16. The minimum atomic E-state index is -0.681. The highest BCUT2D eigenvalue weighted by molar-refractivity contribution is 6.05. The van der Waals surface area contributed by atoms with Gasteiger partial charge < -0.3 is 35.2 Å². The van der Waals surface area contributed by atoms with Crippen LogP contribution in [0.15, 0.2) is 36.4 Å². The Bertz CT molecular complexity index is 2560. The molecule has 7 N–H and O–H groups in total. The van der Waals surface area contributed by atoms with Gasteiger partial charge in [0.25, 0.3) is 11.8 Å². The Morgan fingerprint density at radius 3 is 2.02 bits per heavy atom. The first-order valence-corrected chi connectivity index (χ1v) is 19.2. The van der Waals surface area contributed by atoms with Gasteiger partial charge in [-0.2, -0.15) is 10.2 Å². The van der Waals surface area contributed by atoms with Gasteiger partial charge in [-0.3, -0.25) is 39.2 Å². The highest BCUT2D eigenvalue weighted by atomic mass is 16.5. The summed E-state index contributed by atoms with van der Waals surface area (Å²) >= 11 is 0. The van der Waals surface area contributed by atoms with Gasteiger partial charge >= 0.3 is 0 Å². The molecule has 0 unspecified atom stereocenters.